The van der Waals surface area contributed by atoms with Gasteiger partial charge in [0, 0.05) is 18.4 Å². The lowest BCUT2D eigenvalue weighted by Gasteiger charge is -2.16. The molecule has 0 bridgehead atoms. The summed E-state index contributed by atoms with van der Waals surface area (Å²) in [4.78, 5) is 22.2. The van der Waals surface area contributed by atoms with Gasteiger partial charge in [-0.3, -0.25) is 9.36 Å². The topological polar surface area (TPSA) is 77.6 Å². The first-order valence-electron chi connectivity index (χ1n) is 10.3. The molecule has 160 valence electrons. The van der Waals surface area contributed by atoms with Crippen molar-refractivity contribution < 1.29 is 4.39 Å². The molecule has 3 heterocycles. The molecular weight excluding hydrogens is 407 g/mol. The summed E-state index contributed by atoms with van der Waals surface area (Å²) < 4.78 is 17.1. The van der Waals surface area contributed by atoms with E-state index in [4.69, 9.17) is 0 Å². The predicted octanol–water partition coefficient (Wildman–Crippen LogP) is 4.00. The van der Waals surface area contributed by atoms with E-state index < -0.39 is 6.67 Å². The quantitative estimate of drug-likeness (QED) is 0.458. The molecule has 5 rings (SSSR count). The van der Waals surface area contributed by atoms with E-state index in [2.05, 4.69) is 20.4 Å². The molecule has 0 spiro atoms. The minimum atomic E-state index is -0.742. The molecule has 2 aromatic carbocycles. The van der Waals surface area contributed by atoms with Crippen LogP contribution in [0, 0.1) is 6.92 Å². The largest absolute Gasteiger partial charge is 0.372 e. The van der Waals surface area contributed by atoms with Crippen LogP contribution in [0.5, 0.6) is 0 Å². The molecule has 0 radical (unpaired) electrons. The van der Waals surface area contributed by atoms with Crippen LogP contribution in [0.25, 0.3) is 27.5 Å². The van der Waals surface area contributed by atoms with E-state index in [0.717, 1.165) is 22.3 Å². The van der Waals surface area contributed by atoms with Crippen LogP contribution in [0.4, 0.5) is 10.2 Å². The third-order valence-corrected chi connectivity index (χ3v) is 5.62. The number of aryl methyl sites for hydroxylation is 1. The van der Waals surface area contributed by atoms with Gasteiger partial charge in [0.1, 0.15) is 24.5 Å². The molecule has 7 nitrogen and oxygen atoms in total. The van der Waals surface area contributed by atoms with Crippen LogP contribution in [-0.4, -0.2) is 31.4 Å². The van der Waals surface area contributed by atoms with E-state index in [-0.39, 0.29) is 17.8 Å². The zero-order chi connectivity index (χ0) is 22.2. The number of para-hydroxylation sites is 1. The van der Waals surface area contributed by atoms with E-state index in [1.165, 1.54) is 6.33 Å². The van der Waals surface area contributed by atoms with Gasteiger partial charge in [0.05, 0.1) is 17.3 Å². The molecule has 0 aliphatic carbocycles. The monoisotopic (exact) mass is 428 g/mol. The highest BCUT2D eigenvalue weighted by molar-refractivity contribution is 5.89. The highest BCUT2D eigenvalue weighted by Crippen LogP contribution is 2.26. The molecule has 3 aromatic heterocycles. The van der Waals surface area contributed by atoms with E-state index in [0.29, 0.717) is 22.2 Å². The molecule has 0 saturated heterocycles. The van der Waals surface area contributed by atoms with E-state index >= 15 is 0 Å². The number of rotatable bonds is 5. The Kier molecular flexibility index (Phi) is 4.89. The molecule has 0 amide bonds. The Hall–Kier alpha value is -4.07. The molecule has 0 atom stereocenters. The summed E-state index contributed by atoms with van der Waals surface area (Å²) in [7, 11) is 1.72. The summed E-state index contributed by atoms with van der Waals surface area (Å²) in [5.41, 5.74) is 3.06. The lowest BCUT2D eigenvalue weighted by Crippen LogP contribution is -2.24. The van der Waals surface area contributed by atoms with Crippen LogP contribution in [0.3, 0.4) is 0 Å². The normalized spacial score (nSPS) is 11.3. The smallest absolute Gasteiger partial charge is 0.263 e. The van der Waals surface area contributed by atoms with Gasteiger partial charge in [-0.05, 0) is 36.1 Å². The van der Waals surface area contributed by atoms with Crippen LogP contribution in [0.15, 0.2) is 65.7 Å². The first-order valence-corrected chi connectivity index (χ1v) is 10.3. The van der Waals surface area contributed by atoms with Gasteiger partial charge in [0.25, 0.3) is 5.56 Å². The van der Waals surface area contributed by atoms with Crippen molar-refractivity contribution in [1.29, 1.82) is 0 Å². The lowest BCUT2D eigenvalue weighted by atomic mass is 10.1. The van der Waals surface area contributed by atoms with Crippen LogP contribution >= 0.6 is 0 Å². The fourth-order valence-electron chi connectivity index (χ4n) is 4.19. The summed E-state index contributed by atoms with van der Waals surface area (Å²) in [5, 5.41) is 9.50. The number of aromatic nitrogens is 5. The molecule has 0 saturated carbocycles. The zero-order valence-electron chi connectivity index (χ0n) is 17.7. The second-order valence-electron chi connectivity index (χ2n) is 7.56. The summed E-state index contributed by atoms with van der Waals surface area (Å²) >= 11 is 0. The summed E-state index contributed by atoms with van der Waals surface area (Å²) in [6.07, 6.45) is 1.42. The molecule has 0 aliphatic rings. The molecular formula is C24H21FN6O. The van der Waals surface area contributed by atoms with Crippen molar-refractivity contribution in [3.63, 3.8) is 0 Å². The first kappa shape index (κ1) is 19.9. The lowest BCUT2D eigenvalue weighted by molar-refractivity contribution is 0.471. The zero-order valence-corrected chi connectivity index (χ0v) is 17.7. The van der Waals surface area contributed by atoms with Crippen molar-refractivity contribution in [2.75, 3.05) is 12.4 Å². The van der Waals surface area contributed by atoms with Crippen LogP contribution in [0.1, 0.15) is 17.0 Å². The fourth-order valence-corrected chi connectivity index (χ4v) is 4.19. The summed E-state index contributed by atoms with van der Waals surface area (Å²) in [6, 6.07) is 17.3. The number of fused-ring (bicyclic) bond motifs is 2. The molecule has 32 heavy (non-hydrogen) atoms. The SMILES string of the molecule is CNc1ncnc2c1c(CF)nn2Cc1cc2cccc(C)c2c(=O)n1-c1ccccc1. The average molecular weight is 428 g/mol. The minimum absolute atomic E-state index is 0.102. The number of halogens is 1. The van der Waals surface area contributed by atoms with Crippen molar-refractivity contribution in [2.24, 2.45) is 0 Å². The van der Waals surface area contributed by atoms with Crippen LogP contribution in [-0.2, 0) is 13.2 Å². The second kappa shape index (κ2) is 7.88. The maximum absolute atomic E-state index is 13.8. The Balaban J connectivity index is 1.78. The van der Waals surface area contributed by atoms with Crippen molar-refractivity contribution >= 4 is 27.6 Å². The van der Waals surface area contributed by atoms with Crippen molar-refractivity contribution in [3.8, 4) is 5.69 Å². The number of benzene rings is 2. The third kappa shape index (κ3) is 3.11. The number of nitrogens with zero attached hydrogens (tertiary/aromatic N) is 5. The minimum Gasteiger partial charge on any atom is -0.372 e. The van der Waals surface area contributed by atoms with Crippen molar-refractivity contribution in [1.82, 2.24) is 24.3 Å². The molecule has 8 heteroatoms. The molecule has 0 fully saturated rings. The van der Waals surface area contributed by atoms with Crippen molar-refractivity contribution in [3.05, 3.63) is 88.2 Å². The van der Waals surface area contributed by atoms with Gasteiger partial charge in [0.15, 0.2) is 5.65 Å². The Bertz CT molecular complexity index is 1510. The Morgan fingerprint density at radius 3 is 2.59 bits per heavy atom. The maximum atomic E-state index is 13.8. The van der Waals surface area contributed by atoms with Gasteiger partial charge in [-0.2, -0.15) is 5.10 Å². The highest BCUT2D eigenvalue weighted by Gasteiger charge is 2.19. The summed E-state index contributed by atoms with van der Waals surface area (Å²) in [6.45, 7) is 1.43. The van der Waals surface area contributed by atoms with Crippen LogP contribution in [0.2, 0.25) is 0 Å². The number of pyridine rings is 1. The van der Waals surface area contributed by atoms with Gasteiger partial charge >= 0.3 is 0 Å². The average Bonchev–Trinajstić information content (AvgIpc) is 3.17. The maximum Gasteiger partial charge on any atom is 0.263 e. The van der Waals surface area contributed by atoms with Gasteiger partial charge in [-0.25, -0.2) is 19.0 Å². The van der Waals surface area contributed by atoms with Gasteiger partial charge in [0.2, 0.25) is 0 Å². The first-order chi connectivity index (χ1) is 15.6. The highest BCUT2D eigenvalue weighted by atomic mass is 19.1. The van der Waals surface area contributed by atoms with Crippen LogP contribution < -0.4 is 10.9 Å². The van der Waals surface area contributed by atoms with Gasteiger partial charge in [-0.1, -0.05) is 36.4 Å². The Labute approximate surface area is 183 Å². The number of nitrogens with one attached hydrogen (secondary N) is 1. The van der Waals surface area contributed by atoms with E-state index in [1.807, 2.05) is 61.5 Å². The number of hydrogen-bond acceptors (Lipinski definition) is 5. The molecule has 0 aliphatic heterocycles. The second-order valence-corrected chi connectivity index (χ2v) is 7.56. The number of hydrogen-bond donors (Lipinski definition) is 1. The molecule has 5 aromatic rings. The van der Waals surface area contributed by atoms with Gasteiger partial charge in [-0.15, -0.1) is 0 Å². The number of alkyl halides is 1. The summed E-state index contributed by atoms with van der Waals surface area (Å²) in [5.74, 6) is 0.517. The van der Waals surface area contributed by atoms with Crippen molar-refractivity contribution in [2.45, 2.75) is 20.1 Å². The Morgan fingerprint density at radius 2 is 1.84 bits per heavy atom. The third-order valence-electron chi connectivity index (χ3n) is 5.62. The van der Waals surface area contributed by atoms with Gasteiger partial charge < -0.3 is 5.32 Å². The standard InChI is InChI=1S/C24H21FN6O/c1-15-7-6-8-16-11-18(31(24(32)20(15)16)17-9-4-3-5-10-17)13-30-23-21(19(12-25)29-30)22(26-2)27-14-28-23/h3-11,14H,12-13H2,1-2H3,(H,26,27,28). The van der Waals surface area contributed by atoms with E-state index in [9.17, 15) is 9.18 Å². The fraction of sp³-hybridized carbons (Fsp3) is 0.167. The number of anilines is 1. The van der Waals surface area contributed by atoms with E-state index in [1.54, 1.807) is 16.3 Å². The Morgan fingerprint density at radius 1 is 1.03 bits per heavy atom. The molecule has 1 N–H and O–H groups in total. The predicted molar refractivity (Wildman–Crippen MR) is 123 cm³/mol. The molecule has 0 unspecified atom stereocenters.